The smallest absolute Gasteiger partial charge is 0.244 e. The highest BCUT2D eigenvalue weighted by Gasteiger charge is 2.36. The number of nitrogen functional groups attached to an aromatic ring is 1. The first-order valence-corrected chi connectivity index (χ1v) is 7.24. The van der Waals surface area contributed by atoms with Crippen molar-refractivity contribution in [3.8, 4) is 0 Å². The first-order valence-electron chi connectivity index (χ1n) is 6.43. The Bertz CT molecular complexity index is 590. The molecule has 1 aliphatic heterocycles. The number of anilines is 1. The Balaban J connectivity index is 0.00000161. The molecule has 0 amide bonds. The molecular weight excluding hydrogens is 314 g/mol. The lowest BCUT2D eigenvalue weighted by Crippen LogP contribution is -2.24. The number of rotatable bonds is 4. The van der Waals surface area contributed by atoms with E-state index < -0.39 is 0 Å². The van der Waals surface area contributed by atoms with Crippen LogP contribution in [0.15, 0.2) is 10.7 Å². The summed E-state index contributed by atoms with van der Waals surface area (Å²) in [6.07, 6.45) is 2.85. The summed E-state index contributed by atoms with van der Waals surface area (Å²) in [6, 6.07) is 0.0875. The molecule has 21 heavy (non-hydrogen) atoms. The van der Waals surface area contributed by atoms with Crippen LogP contribution in [0.25, 0.3) is 0 Å². The number of nitrogens with zero attached hydrogens (tertiary/aromatic N) is 4. The first-order chi connectivity index (χ1) is 9.65. The topological polar surface area (TPSA) is 90.3 Å². The van der Waals surface area contributed by atoms with E-state index in [9.17, 15) is 0 Å². The van der Waals surface area contributed by atoms with Gasteiger partial charge in [0.1, 0.15) is 0 Å². The third-order valence-corrected chi connectivity index (χ3v) is 4.27. The van der Waals surface area contributed by atoms with Gasteiger partial charge in [0, 0.05) is 31.3 Å². The monoisotopic (exact) mass is 331 g/mol. The molecule has 0 bridgehead atoms. The van der Waals surface area contributed by atoms with E-state index in [2.05, 4.69) is 20.0 Å². The van der Waals surface area contributed by atoms with Crippen LogP contribution in [0.5, 0.6) is 0 Å². The second-order valence-electron chi connectivity index (χ2n) is 4.88. The molecule has 0 saturated carbocycles. The molecule has 3 rings (SSSR count). The minimum Gasteiger partial charge on any atom is -0.380 e. The van der Waals surface area contributed by atoms with Crippen molar-refractivity contribution in [2.24, 2.45) is 0 Å². The van der Waals surface area contributed by atoms with Crippen molar-refractivity contribution in [1.82, 2.24) is 20.0 Å². The minimum absolute atomic E-state index is 0. The van der Waals surface area contributed by atoms with Gasteiger partial charge < -0.3 is 15.0 Å². The Morgan fingerprint density at radius 3 is 2.95 bits per heavy atom. The molecule has 116 valence electrons. The van der Waals surface area contributed by atoms with Crippen molar-refractivity contribution in [3.63, 3.8) is 0 Å². The number of methoxy groups -OCH3 is 1. The van der Waals surface area contributed by atoms with Crippen molar-refractivity contribution in [1.29, 1.82) is 0 Å². The van der Waals surface area contributed by atoms with Crippen LogP contribution in [-0.2, 0) is 11.3 Å². The standard InChI is InChI=1S/C12H17N5O2S.ClH/c1-7-15-11(19-16-7)10-3-8(18-2)5-17(10)6-9-4-14-12(13)20-9;/h4,8,10H,3,5-6H2,1-2H3,(H2,13,14);1H/t8-,10+;/m0./s1. The molecule has 2 atom stereocenters. The van der Waals surface area contributed by atoms with E-state index >= 15 is 0 Å². The zero-order valence-corrected chi connectivity index (χ0v) is 13.5. The van der Waals surface area contributed by atoms with E-state index in [1.165, 1.54) is 11.3 Å². The molecule has 9 heteroatoms. The van der Waals surface area contributed by atoms with Crippen LogP contribution in [0, 0.1) is 6.92 Å². The van der Waals surface area contributed by atoms with E-state index in [-0.39, 0.29) is 24.6 Å². The van der Waals surface area contributed by atoms with E-state index in [0.29, 0.717) is 16.8 Å². The summed E-state index contributed by atoms with van der Waals surface area (Å²) in [7, 11) is 1.73. The average molecular weight is 332 g/mol. The molecule has 1 aliphatic rings. The molecule has 0 aromatic carbocycles. The predicted octanol–water partition coefficient (Wildman–Crippen LogP) is 1.80. The Morgan fingerprint density at radius 2 is 2.38 bits per heavy atom. The van der Waals surface area contributed by atoms with Crippen LogP contribution < -0.4 is 5.73 Å². The van der Waals surface area contributed by atoms with Gasteiger partial charge in [0.05, 0.1) is 12.1 Å². The van der Waals surface area contributed by atoms with Crippen LogP contribution in [0.4, 0.5) is 5.13 Å². The normalized spacial score (nSPS) is 22.4. The van der Waals surface area contributed by atoms with Crippen molar-refractivity contribution < 1.29 is 9.26 Å². The van der Waals surface area contributed by atoms with Crippen LogP contribution in [0.1, 0.15) is 29.1 Å². The quantitative estimate of drug-likeness (QED) is 0.913. The fourth-order valence-corrected chi connectivity index (χ4v) is 3.22. The summed E-state index contributed by atoms with van der Waals surface area (Å²) in [5.74, 6) is 1.31. The van der Waals surface area contributed by atoms with Gasteiger partial charge in [0.15, 0.2) is 11.0 Å². The molecule has 3 heterocycles. The van der Waals surface area contributed by atoms with E-state index in [0.717, 1.165) is 24.4 Å². The van der Waals surface area contributed by atoms with E-state index in [4.69, 9.17) is 15.0 Å². The molecule has 0 spiro atoms. The summed E-state index contributed by atoms with van der Waals surface area (Å²) in [5.41, 5.74) is 5.68. The first kappa shape index (κ1) is 16.2. The lowest BCUT2D eigenvalue weighted by Gasteiger charge is -2.19. The van der Waals surface area contributed by atoms with Gasteiger partial charge >= 0.3 is 0 Å². The van der Waals surface area contributed by atoms with Gasteiger partial charge in [0.25, 0.3) is 0 Å². The molecule has 2 N–H and O–H groups in total. The zero-order chi connectivity index (χ0) is 14.1. The average Bonchev–Trinajstić information content (AvgIpc) is 3.11. The summed E-state index contributed by atoms with van der Waals surface area (Å²) >= 11 is 1.50. The van der Waals surface area contributed by atoms with Crippen LogP contribution >= 0.6 is 23.7 Å². The second kappa shape index (κ2) is 6.69. The third-order valence-electron chi connectivity index (χ3n) is 3.46. The van der Waals surface area contributed by atoms with Gasteiger partial charge in [-0.1, -0.05) is 5.16 Å². The summed E-state index contributed by atoms with van der Waals surface area (Å²) in [4.78, 5) is 11.8. The minimum atomic E-state index is 0. The number of hydrogen-bond donors (Lipinski definition) is 1. The molecule has 1 fully saturated rings. The number of halogens is 1. The number of hydrogen-bond acceptors (Lipinski definition) is 8. The summed E-state index contributed by atoms with van der Waals surface area (Å²) in [5, 5.41) is 4.46. The third kappa shape index (κ3) is 3.52. The van der Waals surface area contributed by atoms with Gasteiger partial charge in [-0.15, -0.1) is 23.7 Å². The Morgan fingerprint density at radius 1 is 1.57 bits per heavy atom. The second-order valence-corrected chi connectivity index (χ2v) is 6.03. The molecule has 0 aliphatic carbocycles. The van der Waals surface area contributed by atoms with Crippen LogP contribution in [0.2, 0.25) is 0 Å². The molecule has 0 unspecified atom stereocenters. The maximum absolute atomic E-state index is 5.68. The number of nitrogens with two attached hydrogens (primary N) is 1. The zero-order valence-electron chi connectivity index (χ0n) is 11.9. The van der Waals surface area contributed by atoms with Gasteiger partial charge in [0.2, 0.25) is 5.89 Å². The molecule has 7 nitrogen and oxygen atoms in total. The Hall–Kier alpha value is -1.22. The van der Waals surface area contributed by atoms with Crippen molar-refractivity contribution in [3.05, 3.63) is 22.8 Å². The van der Waals surface area contributed by atoms with E-state index in [1.54, 1.807) is 7.11 Å². The summed E-state index contributed by atoms with van der Waals surface area (Å²) in [6.45, 7) is 3.42. The van der Waals surface area contributed by atoms with Gasteiger partial charge in [-0.05, 0) is 13.3 Å². The van der Waals surface area contributed by atoms with Crippen molar-refractivity contribution in [2.45, 2.75) is 32.0 Å². The molecule has 1 saturated heterocycles. The molecule has 2 aromatic rings. The van der Waals surface area contributed by atoms with Crippen molar-refractivity contribution in [2.75, 3.05) is 19.4 Å². The molecular formula is C12H18ClN5O2S. The number of aryl methyl sites for hydroxylation is 1. The lowest BCUT2D eigenvalue weighted by atomic mass is 10.2. The summed E-state index contributed by atoms with van der Waals surface area (Å²) < 4.78 is 10.8. The lowest BCUT2D eigenvalue weighted by molar-refractivity contribution is 0.107. The van der Waals surface area contributed by atoms with E-state index in [1.807, 2.05) is 13.1 Å². The van der Waals surface area contributed by atoms with Crippen LogP contribution in [-0.4, -0.2) is 39.8 Å². The number of aromatic nitrogens is 3. The number of likely N-dealkylation sites (tertiary alicyclic amines) is 1. The van der Waals surface area contributed by atoms with Gasteiger partial charge in [-0.3, -0.25) is 4.90 Å². The van der Waals surface area contributed by atoms with Gasteiger partial charge in [-0.25, -0.2) is 4.98 Å². The van der Waals surface area contributed by atoms with Crippen molar-refractivity contribution >= 4 is 28.9 Å². The fourth-order valence-electron chi connectivity index (χ4n) is 2.51. The number of ether oxygens (including phenoxy) is 1. The highest BCUT2D eigenvalue weighted by atomic mass is 35.5. The van der Waals surface area contributed by atoms with Crippen LogP contribution in [0.3, 0.4) is 0 Å². The maximum Gasteiger partial charge on any atom is 0.244 e. The fraction of sp³-hybridized carbons (Fsp3) is 0.583. The Labute approximate surface area is 132 Å². The molecule has 2 aromatic heterocycles. The maximum atomic E-state index is 5.68. The predicted molar refractivity (Wildman–Crippen MR) is 81.4 cm³/mol. The SMILES string of the molecule is CO[C@H]1C[C@H](c2nc(C)no2)N(Cc2cnc(N)s2)C1.Cl. The Kier molecular flexibility index (Phi) is 5.15. The van der Waals surface area contributed by atoms with Gasteiger partial charge in [-0.2, -0.15) is 4.98 Å². The highest BCUT2D eigenvalue weighted by molar-refractivity contribution is 7.15. The number of thiazole rings is 1. The highest BCUT2D eigenvalue weighted by Crippen LogP contribution is 2.34. The molecule has 0 radical (unpaired) electrons. The largest absolute Gasteiger partial charge is 0.380 e.